The van der Waals surface area contributed by atoms with Gasteiger partial charge in [0.25, 0.3) is 0 Å². The summed E-state index contributed by atoms with van der Waals surface area (Å²) in [4.78, 5) is 26.9. The van der Waals surface area contributed by atoms with Gasteiger partial charge < -0.3 is 10.2 Å². The highest BCUT2D eigenvalue weighted by Crippen LogP contribution is 2.37. The molecule has 31 heavy (non-hydrogen) atoms. The monoisotopic (exact) mass is 460 g/mol. The van der Waals surface area contributed by atoms with E-state index in [9.17, 15) is 18.0 Å². The van der Waals surface area contributed by atoms with Gasteiger partial charge in [-0.05, 0) is 74.6 Å². The Hall–Kier alpha value is -2.38. The smallest absolute Gasteiger partial charge is 0.230 e. The Morgan fingerprint density at radius 2 is 1.97 bits per heavy atom. The molecule has 4 rings (SSSR count). The van der Waals surface area contributed by atoms with Crippen LogP contribution in [0.2, 0.25) is 5.02 Å². The number of hydrogen-bond donors (Lipinski definition) is 1. The molecule has 1 heterocycles. The van der Waals surface area contributed by atoms with E-state index in [0.29, 0.717) is 23.7 Å². The molecule has 0 spiro atoms. The molecule has 0 radical (unpaired) electrons. The molecule has 0 aromatic heterocycles. The topological polar surface area (TPSA) is 83.6 Å². The van der Waals surface area contributed by atoms with Crippen LogP contribution in [0.3, 0.4) is 0 Å². The minimum Gasteiger partial charge on any atom is -0.326 e. The van der Waals surface area contributed by atoms with Crippen molar-refractivity contribution in [2.75, 3.05) is 16.8 Å². The molecule has 2 amide bonds. The maximum atomic E-state index is 13.1. The standard InChI is InChI=1S/C23H25ClN2O4S/c1-14(12-22(27)25-20-5-3-4-19(24)15(20)2)31(29,30)18-8-9-21-17(13-18)10-11-26(21)23(28)16-6-7-16/h3-5,8-9,13-14,16H,6-7,10-12H2,1-2H3,(H,25,27)/t14-/m1/s1. The number of carbonyl (C=O) groups excluding carboxylic acids is 2. The zero-order valence-corrected chi connectivity index (χ0v) is 19.1. The lowest BCUT2D eigenvalue weighted by Crippen LogP contribution is -2.30. The third-order valence-corrected chi connectivity index (χ3v) is 8.56. The van der Waals surface area contributed by atoms with Crippen LogP contribution in [0.1, 0.15) is 37.3 Å². The first kappa shape index (κ1) is 21.8. The number of amides is 2. The molecule has 2 aliphatic rings. The molecule has 2 aromatic carbocycles. The van der Waals surface area contributed by atoms with Crippen LogP contribution in [-0.4, -0.2) is 32.0 Å². The Morgan fingerprint density at radius 1 is 1.23 bits per heavy atom. The normalized spacial score (nSPS) is 16.7. The van der Waals surface area contributed by atoms with E-state index < -0.39 is 15.1 Å². The third kappa shape index (κ3) is 4.34. The number of carbonyl (C=O) groups is 2. The number of rotatable bonds is 6. The molecule has 1 aliphatic carbocycles. The van der Waals surface area contributed by atoms with Gasteiger partial charge in [0.1, 0.15) is 0 Å². The molecule has 0 saturated heterocycles. The lowest BCUT2D eigenvalue weighted by atomic mass is 10.2. The number of hydrogen-bond acceptors (Lipinski definition) is 4. The van der Waals surface area contributed by atoms with Crippen LogP contribution in [0.4, 0.5) is 11.4 Å². The van der Waals surface area contributed by atoms with E-state index in [4.69, 9.17) is 11.6 Å². The molecule has 164 valence electrons. The summed E-state index contributed by atoms with van der Waals surface area (Å²) in [5.41, 5.74) is 2.97. The van der Waals surface area contributed by atoms with Crippen LogP contribution < -0.4 is 10.2 Å². The molecule has 1 aliphatic heterocycles. The maximum absolute atomic E-state index is 13.1. The zero-order valence-electron chi connectivity index (χ0n) is 17.5. The lowest BCUT2D eigenvalue weighted by molar-refractivity contribution is -0.119. The number of nitrogens with one attached hydrogen (secondary N) is 1. The number of fused-ring (bicyclic) bond motifs is 1. The summed E-state index contributed by atoms with van der Waals surface area (Å²) in [7, 11) is -3.70. The summed E-state index contributed by atoms with van der Waals surface area (Å²) in [6.45, 7) is 3.92. The third-order valence-electron chi connectivity index (χ3n) is 6.01. The van der Waals surface area contributed by atoms with E-state index >= 15 is 0 Å². The van der Waals surface area contributed by atoms with Gasteiger partial charge >= 0.3 is 0 Å². The Kier molecular flexibility index (Phi) is 5.83. The van der Waals surface area contributed by atoms with E-state index in [2.05, 4.69) is 5.32 Å². The van der Waals surface area contributed by atoms with Crippen LogP contribution in [0.25, 0.3) is 0 Å². The van der Waals surface area contributed by atoms with Crippen molar-refractivity contribution in [1.29, 1.82) is 0 Å². The van der Waals surface area contributed by atoms with Crippen molar-refractivity contribution < 1.29 is 18.0 Å². The molecule has 6 nitrogen and oxygen atoms in total. The summed E-state index contributed by atoms with van der Waals surface area (Å²) in [5, 5.41) is 2.39. The summed E-state index contributed by atoms with van der Waals surface area (Å²) in [5.74, 6) is -0.129. The van der Waals surface area contributed by atoms with Crippen molar-refractivity contribution in [3.8, 4) is 0 Å². The first-order valence-corrected chi connectivity index (χ1v) is 12.3. The highest BCUT2D eigenvalue weighted by Gasteiger charge is 2.37. The molecular formula is C23H25ClN2O4S. The van der Waals surface area contributed by atoms with Crippen LogP contribution >= 0.6 is 11.6 Å². The molecule has 1 fully saturated rings. The number of halogens is 1. The predicted octanol–water partition coefficient (Wildman–Crippen LogP) is 4.14. The summed E-state index contributed by atoms with van der Waals surface area (Å²) in [6, 6.07) is 10.1. The fourth-order valence-corrected chi connectivity index (χ4v) is 5.46. The number of benzene rings is 2. The van der Waals surface area contributed by atoms with Crippen molar-refractivity contribution >= 4 is 44.6 Å². The average molecular weight is 461 g/mol. The zero-order chi connectivity index (χ0) is 22.3. The Bertz CT molecular complexity index is 1160. The summed E-state index contributed by atoms with van der Waals surface area (Å²) < 4.78 is 26.2. The highest BCUT2D eigenvalue weighted by molar-refractivity contribution is 7.92. The van der Waals surface area contributed by atoms with E-state index in [0.717, 1.165) is 29.7 Å². The number of nitrogens with zero attached hydrogens (tertiary/aromatic N) is 1. The first-order valence-electron chi connectivity index (χ1n) is 10.4. The second kappa shape index (κ2) is 8.28. The molecule has 0 unspecified atom stereocenters. The van der Waals surface area contributed by atoms with Crippen LogP contribution in [-0.2, 0) is 25.8 Å². The van der Waals surface area contributed by atoms with Crippen LogP contribution in [0.5, 0.6) is 0 Å². The molecule has 0 bridgehead atoms. The van der Waals surface area contributed by atoms with Gasteiger partial charge in [-0.25, -0.2) is 8.42 Å². The van der Waals surface area contributed by atoms with E-state index in [1.165, 1.54) is 6.92 Å². The van der Waals surface area contributed by atoms with Crippen LogP contribution in [0, 0.1) is 12.8 Å². The molecular weight excluding hydrogens is 436 g/mol. The van der Waals surface area contributed by atoms with Crippen molar-refractivity contribution in [3.63, 3.8) is 0 Å². The average Bonchev–Trinajstić information content (AvgIpc) is 3.49. The summed E-state index contributed by atoms with van der Waals surface area (Å²) >= 11 is 6.08. The van der Waals surface area contributed by atoms with Gasteiger partial charge in [-0.3, -0.25) is 9.59 Å². The van der Waals surface area contributed by atoms with E-state index in [-0.39, 0.29) is 29.0 Å². The largest absolute Gasteiger partial charge is 0.326 e. The van der Waals surface area contributed by atoms with Gasteiger partial charge in [0, 0.05) is 35.3 Å². The van der Waals surface area contributed by atoms with Gasteiger partial charge in [0.05, 0.1) is 10.1 Å². The minimum absolute atomic E-state index is 0.121. The quantitative estimate of drug-likeness (QED) is 0.702. The van der Waals surface area contributed by atoms with Gasteiger partial charge in [0.2, 0.25) is 11.8 Å². The molecule has 2 aromatic rings. The second-order valence-electron chi connectivity index (χ2n) is 8.32. The predicted molar refractivity (Wildman–Crippen MR) is 121 cm³/mol. The Balaban J connectivity index is 1.47. The minimum atomic E-state index is -3.70. The highest BCUT2D eigenvalue weighted by atomic mass is 35.5. The fourth-order valence-electron chi connectivity index (χ4n) is 3.88. The molecule has 1 N–H and O–H groups in total. The number of sulfone groups is 1. The fraction of sp³-hybridized carbons (Fsp3) is 0.391. The van der Waals surface area contributed by atoms with E-state index in [1.54, 1.807) is 48.2 Å². The first-order chi connectivity index (χ1) is 14.7. The molecule has 1 saturated carbocycles. The van der Waals surface area contributed by atoms with Gasteiger partial charge in [-0.15, -0.1) is 0 Å². The summed E-state index contributed by atoms with van der Waals surface area (Å²) in [6.07, 6.45) is 2.34. The van der Waals surface area contributed by atoms with Gasteiger partial charge in [-0.1, -0.05) is 17.7 Å². The van der Waals surface area contributed by atoms with Crippen LogP contribution in [0.15, 0.2) is 41.3 Å². The van der Waals surface area contributed by atoms with Crippen molar-refractivity contribution in [1.82, 2.24) is 0 Å². The SMILES string of the molecule is Cc1c(Cl)cccc1NC(=O)C[C@@H](C)S(=O)(=O)c1ccc2c(c1)CCN2C(=O)C1CC1. The van der Waals surface area contributed by atoms with E-state index in [1.807, 2.05) is 0 Å². The van der Waals surface area contributed by atoms with Crippen molar-refractivity contribution in [2.45, 2.75) is 49.7 Å². The number of anilines is 2. The Labute approximate surface area is 187 Å². The lowest BCUT2D eigenvalue weighted by Gasteiger charge is -2.18. The van der Waals surface area contributed by atoms with Gasteiger partial charge in [0.15, 0.2) is 9.84 Å². The molecule has 8 heteroatoms. The van der Waals surface area contributed by atoms with Crippen molar-refractivity contribution in [3.05, 3.63) is 52.5 Å². The van der Waals surface area contributed by atoms with Gasteiger partial charge in [-0.2, -0.15) is 0 Å². The maximum Gasteiger partial charge on any atom is 0.230 e. The Morgan fingerprint density at radius 3 is 2.68 bits per heavy atom. The molecule has 1 atom stereocenters. The van der Waals surface area contributed by atoms with Crippen molar-refractivity contribution in [2.24, 2.45) is 5.92 Å². The second-order valence-corrected chi connectivity index (χ2v) is 11.1.